The second-order valence-corrected chi connectivity index (χ2v) is 5.74. The highest BCUT2D eigenvalue weighted by Crippen LogP contribution is 2.33. The maximum absolute atomic E-state index is 12.6. The molecule has 124 valence electrons. The van der Waals surface area contributed by atoms with Gasteiger partial charge in [-0.05, 0) is 24.3 Å². The predicted molar refractivity (Wildman–Crippen MR) is 84.2 cm³/mol. The zero-order chi connectivity index (χ0) is 16.4. The molecule has 1 saturated heterocycles. The Labute approximate surface area is 139 Å². The second-order valence-electron chi connectivity index (χ2n) is 5.74. The van der Waals surface area contributed by atoms with E-state index in [1.54, 1.807) is 36.5 Å². The van der Waals surface area contributed by atoms with Crippen LogP contribution in [0.25, 0.3) is 0 Å². The smallest absolute Gasteiger partial charge is 0.253 e. The SMILES string of the molecule is O=C(c1ccc2c(c1)OCO2)N1CCC(Oc2cccnn2)CC1. The lowest BCUT2D eigenvalue weighted by Gasteiger charge is -2.31. The van der Waals surface area contributed by atoms with Crippen molar-refractivity contribution in [3.8, 4) is 17.4 Å². The van der Waals surface area contributed by atoms with Crippen LogP contribution in [-0.2, 0) is 0 Å². The number of fused-ring (bicyclic) bond motifs is 1. The summed E-state index contributed by atoms with van der Waals surface area (Å²) in [6.45, 7) is 1.51. The summed E-state index contributed by atoms with van der Waals surface area (Å²) in [5.41, 5.74) is 0.618. The van der Waals surface area contributed by atoms with E-state index in [-0.39, 0.29) is 18.8 Å². The van der Waals surface area contributed by atoms with Crippen molar-refractivity contribution in [3.05, 3.63) is 42.1 Å². The maximum atomic E-state index is 12.6. The Kier molecular flexibility index (Phi) is 3.90. The van der Waals surface area contributed by atoms with E-state index in [1.807, 2.05) is 4.90 Å². The first-order valence-electron chi connectivity index (χ1n) is 7.93. The largest absolute Gasteiger partial charge is 0.473 e. The van der Waals surface area contributed by atoms with Gasteiger partial charge in [0.2, 0.25) is 12.7 Å². The molecule has 0 bridgehead atoms. The van der Waals surface area contributed by atoms with E-state index >= 15 is 0 Å². The molecular formula is C17H17N3O4. The van der Waals surface area contributed by atoms with Crippen LogP contribution >= 0.6 is 0 Å². The fourth-order valence-electron chi connectivity index (χ4n) is 2.91. The number of likely N-dealkylation sites (tertiary alicyclic amines) is 1. The molecule has 7 nitrogen and oxygen atoms in total. The molecule has 0 N–H and O–H groups in total. The number of hydrogen-bond donors (Lipinski definition) is 0. The lowest BCUT2D eigenvalue weighted by Crippen LogP contribution is -2.41. The summed E-state index contributed by atoms with van der Waals surface area (Å²) in [7, 11) is 0. The van der Waals surface area contributed by atoms with Gasteiger partial charge in [-0.1, -0.05) is 0 Å². The number of benzene rings is 1. The first kappa shape index (κ1) is 14.7. The molecule has 1 amide bonds. The Morgan fingerprint density at radius 2 is 2.00 bits per heavy atom. The zero-order valence-electron chi connectivity index (χ0n) is 13.1. The van der Waals surface area contributed by atoms with E-state index in [1.165, 1.54) is 0 Å². The predicted octanol–water partition coefficient (Wildman–Crippen LogP) is 1.89. The fraction of sp³-hybridized carbons (Fsp3) is 0.353. The number of nitrogens with zero attached hydrogens (tertiary/aromatic N) is 3. The van der Waals surface area contributed by atoms with Crippen molar-refractivity contribution >= 4 is 5.91 Å². The van der Waals surface area contributed by atoms with Gasteiger partial charge in [0.15, 0.2) is 11.5 Å². The van der Waals surface area contributed by atoms with Crippen LogP contribution in [0.2, 0.25) is 0 Å². The Balaban J connectivity index is 1.36. The van der Waals surface area contributed by atoms with Crippen molar-refractivity contribution in [2.75, 3.05) is 19.9 Å². The van der Waals surface area contributed by atoms with Crippen LogP contribution in [0.4, 0.5) is 0 Å². The third-order valence-electron chi connectivity index (χ3n) is 4.18. The van der Waals surface area contributed by atoms with Crippen LogP contribution in [0, 0.1) is 0 Å². The van der Waals surface area contributed by atoms with Crippen LogP contribution in [0.1, 0.15) is 23.2 Å². The molecule has 2 aliphatic rings. The number of amides is 1. The molecule has 2 aliphatic heterocycles. The van der Waals surface area contributed by atoms with Crippen molar-refractivity contribution < 1.29 is 19.0 Å². The third kappa shape index (κ3) is 2.97. The Bertz CT molecular complexity index is 730. The van der Waals surface area contributed by atoms with Crippen molar-refractivity contribution in [3.63, 3.8) is 0 Å². The average molecular weight is 327 g/mol. The number of ether oxygens (including phenoxy) is 3. The molecule has 24 heavy (non-hydrogen) atoms. The molecule has 1 fully saturated rings. The molecule has 2 aromatic rings. The molecule has 0 radical (unpaired) electrons. The molecule has 0 saturated carbocycles. The molecule has 0 aliphatic carbocycles. The van der Waals surface area contributed by atoms with Gasteiger partial charge in [-0.3, -0.25) is 4.79 Å². The van der Waals surface area contributed by atoms with Crippen molar-refractivity contribution in [1.29, 1.82) is 0 Å². The van der Waals surface area contributed by atoms with E-state index in [4.69, 9.17) is 14.2 Å². The van der Waals surface area contributed by atoms with Crippen molar-refractivity contribution in [1.82, 2.24) is 15.1 Å². The first-order chi connectivity index (χ1) is 11.8. The average Bonchev–Trinajstić information content (AvgIpc) is 3.10. The zero-order valence-corrected chi connectivity index (χ0v) is 13.1. The molecule has 0 atom stereocenters. The molecule has 1 aromatic carbocycles. The standard InChI is InChI=1S/C17H17N3O4/c21-17(12-3-4-14-15(10-12)23-11-22-14)20-8-5-13(6-9-20)24-16-2-1-7-18-19-16/h1-4,7,10,13H,5-6,8-9,11H2. The summed E-state index contributed by atoms with van der Waals surface area (Å²) in [5.74, 6) is 1.84. The van der Waals surface area contributed by atoms with Crippen molar-refractivity contribution in [2.24, 2.45) is 0 Å². The quantitative estimate of drug-likeness (QED) is 0.857. The monoisotopic (exact) mass is 327 g/mol. The molecule has 0 unspecified atom stereocenters. The van der Waals surface area contributed by atoms with Crippen LogP contribution in [0.3, 0.4) is 0 Å². The number of piperidine rings is 1. The molecule has 1 aromatic heterocycles. The lowest BCUT2D eigenvalue weighted by molar-refractivity contribution is 0.0585. The van der Waals surface area contributed by atoms with E-state index in [0.29, 0.717) is 36.0 Å². The van der Waals surface area contributed by atoms with Crippen LogP contribution in [0.5, 0.6) is 17.4 Å². The molecule has 3 heterocycles. The summed E-state index contributed by atoms with van der Waals surface area (Å²) in [6.07, 6.45) is 3.21. The summed E-state index contributed by atoms with van der Waals surface area (Å²) in [4.78, 5) is 14.5. The van der Waals surface area contributed by atoms with Gasteiger partial charge in [-0.25, -0.2) is 0 Å². The lowest BCUT2D eigenvalue weighted by atomic mass is 10.1. The van der Waals surface area contributed by atoms with E-state index in [0.717, 1.165) is 12.8 Å². The normalized spacial score (nSPS) is 16.9. The van der Waals surface area contributed by atoms with Gasteiger partial charge in [-0.2, -0.15) is 5.10 Å². The van der Waals surface area contributed by atoms with Gasteiger partial charge in [0.25, 0.3) is 5.91 Å². The maximum Gasteiger partial charge on any atom is 0.253 e. The van der Waals surface area contributed by atoms with Crippen LogP contribution in [-0.4, -0.2) is 47.0 Å². The van der Waals surface area contributed by atoms with Crippen molar-refractivity contribution in [2.45, 2.75) is 18.9 Å². The van der Waals surface area contributed by atoms with E-state index < -0.39 is 0 Å². The number of hydrogen-bond acceptors (Lipinski definition) is 6. The number of rotatable bonds is 3. The highest BCUT2D eigenvalue weighted by Gasteiger charge is 2.26. The second kappa shape index (κ2) is 6.35. The van der Waals surface area contributed by atoms with Crippen LogP contribution < -0.4 is 14.2 Å². The minimum atomic E-state index is 0.00579. The highest BCUT2D eigenvalue weighted by molar-refractivity contribution is 5.95. The fourth-order valence-corrected chi connectivity index (χ4v) is 2.91. The van der Waals surface area contributed by atoms with Gasteiger partial charge >= 0.3 is 0 Å². The first-order valence-corrected chi connectivity index (χ1v) is 7.93. The van der Waals surface area contributed by atoms with E-state index in [9.17, 15) is 4.79 Å². The topological polar surface area (TPSA) is 73.8 Å². The van der Waals surface area contributed by atoms with E-state index in [2.05, 4.69) is 10.2 Å². The minimum absolute atomic E-state index is 0.00579. The summed E-state index contributed by atoms with van der Waals surface area (Å²) < 4.78 is 16.4. The van der Waals surface area contributed by atoms with Gasteiger partial charge < -0.3 is 19.1 Å². The third-order valence-corrected chi connectivity index (χ3v) is 4.18. The number of aromatic nitrogens is 2. The van der Waals surface area contributed by atoms with Gasteiger partial charge in [-0.15, -0.1) is 5.10 Å². The Hall–Kier alpha value is -2.83. The highest BCUT2D eigenvalue weighted by atomic mass is 16.7. The Morgan fingerprint density at radius 1 is 1.17 bits per heavy atom. The van der Waals surface area contributed by atoms with Gasteiger partial charge in [0.1, 0.15) is 6.10 Å². The summed E-state index contributed by atoms with van der Waals surface area (Å²) in [5, 5.41) is 7.73. The Morgan fingerprint density at radius 3 is 2.79 bits per heavy atom. The number of carbonyl (C=O) groups excluding carboxylic acids is 1. The van der Waals surface area contributed by atoms with Gasteiger partial charge in [0.05, 0.1) is 0 Å². The molecular weight excluding hydrogens is 310 g/mol. The number of carbonyl (C=O) groups is 1. The minimum Gasteiger partial charge on any atom is -0.473 e. The molecule has 7 heteroatoms. The van der Waals surface area contributed by atoms with Crippen LogP contribution in [0.15, 0.2) is 36.5 Å². The molecule has 0 spiro atoms. The summed E-state index contributed by atoms with van der Waals surface area (Å²) in [6, 6.07) is 8.88. The molecule has 4 rings (SSSR count). The van der Waals surface area contributed by atoms with Gasteiger partial charge in [0, 0.05) is 43.8 Å². The summed E-state index contributed by atoms with van der Waals surface area (Å²) >= 11 is 0.